The number of hydrogen-bond acceptors (Lipinski definition) is 2. The zero-order valence-electron chi connectivity index (χ0n) is 10.00. The van der Waals surface area contributed by atoms with Gasteiger partial charge in [0.2, 0.25) is 0 Å². The lowest BCUT2D eigenvalue weighted by molar-refractivity contribution is 0.173. The van der Waals surface area contributed by atoms with Crippen LogP contribution in [0.1, 0.15) is 33.1 Å². The van der Waals surface area contributed by atoms with Crippen molar-refractivity contribution in [3.63, 3.8) is 0 Å². The molecule has 0 amide bonds. The summed E-state index contributed by atoms with van der Waals surface area (Å²) in [5.41, 5.74) is 5.81. The molecule has 0 radical (unpaired) electrons. The van der Waals surface area contributed by atoms with Gasteiger partial charge in [-0.25, -0.2) is 0 Å². The molecule has 1 heterocycles. The molecular weight excluding hydrogens is 172 g/mol. The Kier molecular flexibility index (Phi) is 4.90. The molecule has 1 fully saturated rings. The standard InChI is InChI=1S/C12H26N2/c1-10(2)12(8-13)7-11-5-4-6-14(3)9-11/h10-12H,4-9,13H2,1-3H3. The van der Waals surface area contributed by atoms with E-state index >= 15 is 0 Å². The van der Waals surface area contributed by atoms with Crippen molar-refractivity contribution in [3.8, 4) is 0 Å². The van der Waals surface area contributed by atoms with Gasteiger partial charge in [-0.3, -0.25) is 0 Å². The summed E-state index contributed by atoms with van der Waals surface area (Å²) in [6.07, 6.45) is 4.11. The van der Waals surface area contributed by atoms with Crippen LogP contribution in [0.15, 0.2) is 0 Å². The summed E-state index contributed by atoms with van der Waals surface area (Å²) in [6, 6.07) is 0. The van der Waals surface area contributed by atoms with Gasteiger partial charge < -0.3 is 10.6 Å². The summed E-state index contributed by atoms with van der Waals surface area (Å²) in [5.74, 6) is 2.36. The fraction of sp³-hybridized carbons (Fsp3) is 1.00. The smallest absolute Gasteiger partial charge is 0.000673 e. The van der Waals surface area contributed by atoms with E-state index in [2.05, 4.69) is 25.8 Å². The summed E-state index contributed by atoms with van der Waals surface area (Å²) >= 11 is 0. The molecule has 2 atom stereocenters. The molecule has 0 saturated carbocycles. The van der Waals surface area contributed by atoms with E-state index in [4.69, 9.17) is 5.73 Å². The Hall–Kier alpha value is -0.0800. The van der Waals surface area contributed by atoms with E-state index < -0.39 is 0 Å². The molecule has 0 aliphatic carbocycles. The summed E-state index contributed by atoms with van der Waals surface area (Å²) in [4.78, 5) is 2.46. The van der Waals surface area contributed by atoms with Gasteiger partial charge in [-0.15, -0.1) is 0 Å². The monoisotopic (exact) mass is 198 g/mol. The second-order valence-electron chi connectivity index (χ2n) is 5.25. The molecule has 2 unspecified atom stereocenters. The van der Waals surface area contributed by atoms with Crippen molar-refractivity contribution in [1.82, 2.24) is 4.90 Å². The van der Waals surface area contributed by atoms with Crippen LogP contribution in [0.4, 0.5) is 0 Å². The molecule has 2 N–H and O–H groups in total. The number of nitrogens with zero attached hydrogens (tertiary/aromatic N) is 1. The molecule has 0 spiro atoms. The third kappa shape index (κ3) is 3.58. The maximum absolute atomic E-state index is 5.81. The highest BCUT2D eigenvalue weighted by molar-refractivity contribution is 4.75. The Morgan fingerprint density at radius 3 is 2.64 bits per heavy atom. The molecule has 1 aliphatic rings. The lowest BCUT2D eigenvalue weighted by atomic mass is 9.83. The van der Waals surface area contributed by atoms with Gasteiger partial charge in [0, 0.05) is 6.54 Å². The Morgan fingerprint density at radius 2 is 2.14 bits per heavy atom. The predicted molar refractivity (Wildman–Crippen MR) is 62.2 cm³/mol. The molecule has 0 aromatic heterocycles. The molecule has 0 aromatic rings. The number of likely N-dealkylation sites (tertiary alicyclic amines) is 1. The Morgan fingerprint density at radius 1 is 1.43 bits per heavy atom. The maximum Gasteiger partial charge on any atom is 0.000673 e. The summed E-state index contributed by atoms with van der Waals surface area (Å²) in [5, 5.41) is 0. The second-order valence-corrected chi connectivity index (χ2v) is 5.25. The van der Waals surface area contributed by atoms with Crippen LogP contribution in [0.3, 0.4) is 0 Å². The third-order valence-corrected chi connectivity index (χ3v) is 3.60. The van der Waals surface area contributed by atoms with Gasteiger partial charge in [0.1, 0.15) is 0 Å². The Bertz CT molecular complexity index is 156. The predicted octanol–water partition coefficient (Wildman–Crippen LogP) is 1.95. The second kappa shape index (κ2) is 5.72. The van der Waals surface area contributed by atoms with Crippen molar-refractivity contribution in [2.45, 2.75) is 33.1 Å². The molecule has 0 aromatic carbocycles. The van der Waals surface area contributed by atoms with E-state index in [0.29, 0.717) is 0 Å². The van der Waals surface area contributed by atoms with Crippen LogP contribution in [-0.2, 0) is 0 Å². The molecule has 1 rings (SSSR count). The van der Waals surface area contributed by atoms with Crippen molar-refractivity contribution < 1.29 is 0 Å². The largest absolute Gasteiger partial charge is 0.330 e. The van der Waals surface area contributed by atoms with E-state index in [1.165, 1.54) is 32.4 Å². The molecule has 0 bridgehead atoms. The van der Waals surface area contributed by atoms with Crippen molar-refractivity contribution in [1.29, 1.82) is 0 Å². The quantitative estimate of drug-likeness (QED) is 0.748. The fourth-order valence-electron chi connectivity index (χ4n) is 2.53. The van der Waals surface area contributed by atoms with Crippen LogP contribution >= 0.6 is 0 Å². The first kappa shape index (κ1) is 12.0. The average molecular weight is 198 g/mol. The number of nitrogens with two attached hydrogens (primary N) is 1. The molecule has 1 aliphatic heterocycles. The van der Waals surface area contributed by atoms with E-state index in [1.807, 2.05) is 0 Å². The van der Waals surface area contributed by atoms with Crippen molar-refractivity contribution in [2.24, 2.45) is 23.5 Å². The topological polar surface area (TPSA) is 29.3 Å². The zero-order valence-corrected chi connectivity index (χ0v) is 10.00. The first-order valence-corrected chi connectivity index (χ1v) is 6.02. The lowest BCUT2D eigenvalue weighted by Crippen LogP contribution is -2.34. The Labute approximate surface area is 88.8 Å². The first-order valence-electron chi connectivity index (χ1n) is 6.02. The summed E-state index contributed by atoms with van der Waals surface area (Å²) in [6.45, 7) is 8.01. The normalized spacial score (nSPS) is 26.8. The zero-order chi connectivity index (χ0) is 10.6. The highest BCUT2D eigenvalue weighted by atomic mass is 15.1. The minimum atomic E-state index is 0.728. The lowest BCUT2D eigenvalue weighted by Gasteiger charge is -2.32. The van der Waals surface area contributed by atoms with Gasteiger partial charge in [0.15, 0.2) is 0 Å². The van der Waals surface area contributed by atoms with Gasteiger partial charge >= 0.3 is 0 Å². The van der Waals surface area contributed by atoms with Gasteiger partial charge in [-0.05, 0) is 57.2 Å². The highest BCUT2D eigenvalue weighted by Gasteiger charge is 2.22. The van der Waals surface area contributed by atoms with Crippen LogP contribution in [0.25, 0.3) is 0 Å². The van der Waals surface area contributed by atoms with E-state index in [0.717, 1.165) is 24.3 Å². The van der Waals surface area contributed by atoms with Gasteiger partial charge in [0.25, 0.3) is 0 Å². The molecule has 2 nitrogen and oxygen atoms in total. The number of piperidine rings is 1. The highest BCUT2D eigenvalue weighted by Crippen LogP contribution is 2.25. The maximum atomic E-state index is 5.81. The SMILES string of the molecule is CC(C)C(CN)CC1CCCN(C)C1. The van der Waals surface area contributed by atoms with Crippen molar-refractivity contribution >= 4 is 0 Å². The molecule has 2 heteroatoms. The van der Waals surface area contributed by atoms with Gasteiger partial charge in [0.05, 0.1) is 0 Å². The van der Waals surface area contributed by atoms with Crippen LogP contribution in [0.5, 0.6) is 0 Å². The molecule has 14 heavy (non-hydrogen) atoms. The van der Waals surface area contributed by atoms with Crippen LogP contribution < -0.4 is 5.73 Å². The minimum Gasteiger partial charge on any atom is -0.330 e. The third-order valence-electron chi connectivity index (χ3n) is 3.60. The van der Waals surface area contributed by atoms with Crippen molar-refractivity contribution in [2.75, 3.05) is 26.7 Å². The average Bonchev–Trinajstić information content (AvgIpc) is 2.14. The van der Waals surface area contributed by atoms with Crippen LogP contribution in [0, 0.1) is 17.8 Å². The van der Waals surface area contributed by atoms with E-state index in [1.54, 1.807) is 0 Å². The van der Waals surface area contributed by atoms with Gasteiger partial charge in [-0.2, -0.15) is 0 Å². The van der Waals surface area contributed by atoms with Crippen LogP contribution in [0.2, 0.25) is 0 Å². The van der Waals surface area contributed by atoms with E-state index in [9.17, 15) is 0 Å². The summed E-state index contributed by atoms with van der Waals surface area (Å²) in [7, 11) is 2.24. The molecule has 84 valence electrons. The minimum absolute atomic E-state index is 0.728. The number of rotatable bonds is 4. The van der Waals surface area contributed by atoms with Gasteiger partial charge in [-0.1, -0.05) is 13.8 Å². The number of hydrogen-bond donors (Lipinski definition) is 1. The van der Waals surface area contributed by atoms with Crippen molar-refractivity contribution in [3.05, 3.63) is 0 Å². The summed E-state index contributed by atoms with van der Waals surface area (Å²) < 4.78 is 0. The van der Waals surface area contributed by atoms with Crippen LogP contribution in [-0.4, -0.2) is 31.6 Å². The molecule has 1 saturated heterocycles. The van der Waals surface area contributed by atoms with E-state index in [-0.39, 0.29) is 0 Å². The first-order chi connectivity index (χ1) is 6.63. The Balaban J connectivity index is 2.33. The fourth-order valence-corrected chi connectivity index (χ4v) is 2.53. The molecular formula is C12H26N2.